The van der Waals surface area contributed by atoms with Gasteiger partial charge in [0.15, 0.2) is 0 Å². The van der Waals surface area contributed by atoms with Gasteiger partial charge >= 0.3 is 0 Å². The van der Waals surface area contributed by atoms with Gasteiger partial charge in [-0.3, -0.25) is 4.79 Å². The van der Waals surface area contributed by atoms with Gasteiger partial charge in [0.1, 0.15) is 11.5 Å². The molecular formula is C21H21N3O3. The van der Waals surface area contributed by atoms with Crippen LogP contribution in [0.25, 0.3) is 5.69 Å². The van der Waals surface area contributed by atoms with E-state index in [1.165, 1.54) is 18.2 Å². The Balaban J connectivity index is 1.76. The number of amides is 1. The summed E-state index contributed by atoms with van der Waals surface area (Å²) in [5, 5.41) is 23.4. The van der Waals surface area contributed by atoms with Crippen LogP contribution >= 0.6 is 0 Å². The zero-order valence-electron chi connectivity index (χ0n) is 15.4. The highest BCUT2D eigenvalue weighted by atomic mass is 16.3. The van der Waals surface area contributed by atoms with Gasteiger partial charge in [0.25, 0.3) is 5.91 Å². The summed E-state index contributed by atoms with van der Waals surface area (Å²) in [7, 11) is 0. The lowest BCUT2D eigenvalue weighted by Gasteiger charge is -2.10. The Labute approximate surface area is 157 Å². The van der Waals surface area contributed by atoms with Crippen molar-refractivity contribution < 1.29 is 15.0 Å². The molecule has 0 spiro atoms. The summed E-state index contributed by atoms with van der Waals surface area (Å²) in [6.45, 7) is 5.69. The molecule has 2 aromatic carbocycles. The fourth-order valence-electron chi connectivity index (χ4n) is 2.91. The van der Waals surface area contributed by atoms with Gasteiger partial charge < -0.3 is 14.8 Å². The number of hydrogen-bond donors (Lipinski definition) is 3. The SMILES string of the molecule is C/C(=N\NC(=O)c1ccc(-n2c(C)ccc2C)cc1)c1cc(O)ccc1O. The van der Waals surface area contributed by atoms with Crippen LogP contribution in [0.15, 0.2) is 59.7 Å². The third-order valence-corrected chi connectivity index (χ3v) is 4.35. The third kappa shape index (κ3) is 3.84. The van der Waals surface area contributed by atoms with Crippen molar-refractivity contribution in [1.82, 2.24) is 9.99 Å². The average molecular weight is 363 g/mol. The molecule has 0 fully saturated rings. The number of carbonyl (C=O) groups excluding carboxylic acids is 1. The molecule has 3 N–H and O–H groups in total. The van der Waals surface area contributed by atoms with Crippen molar-refractivity contribution in [2.24, 2.45) is 5.10 Å². The molecule has 0 saturated heterocycles. The first-order valence-electron chi connectivity index (χ1n) is 8.49. The van der Waals surface area contributed by atoms with Gasteiger partial charge in [-0.25, -0.2) is 5.43 Å². The second kappa shape index (κ2) is 7.37. The minimum atomic E-state index is -0.360. The Hall–Kier alpha value is -3.54. The molecule has 0 atom stereocenters. The number of aromatic nitrogens is 1. The van der Waals surface area contributed by atoms with E-state index in [-0.39, 0.29) is 17.4 Å². The summed E-state index contributed by atoms with van der Waals surface area (Å²) < 4.78 is 2.11. The third-order valence-electron chi connectivity index (χ3n) is 4.35. The van der Waals surface area contributed by atoms with E-state index in [1.54, 1.807) is 19.1 Å². The number of aromatic hydroxyl groups is 2. The Morgan fingerprint density at radius 1 is 0.963 bits per heavy atom. The van der Waals surface area contributed by atoms with Gasteiger partial charge in [-0.2, -0.15) is 5.10 Å². The summed E-state index contributed by atoms with van der Waals surface area (Å²) in [6, 6.07) is 15.5. The van der Waals surface area contributed by atoms with Crippen LogP contribution in [-0.4, -0.2) is 26.4 Å². The van der Waals surface area contributed by atoms with Crippen molar-refractivity contribution in [1.29, 1.82) is 0 Å². The highest BCUT2D eigenvalue weighted by molar-refractivity contribution is 6.02. The smallest absolute Gasteiger partial charge is 0.271 e. The van der Waals surface area contributed by atoms with E-state index in [4.69, 9.17) is 0 Å². The Bertz CT molecular complexity index is 998. The van der Waals surface area contributed by atoms with E-state index in [2.05, 4.69) is 15.1 Å². The van der Waals surface area contributed by atoms with E-state index in [0.717, 1.165) is 17.1 Å². The molecule has 0 radical (unpaired) electrons. The largest absolute Gasteiger partial charge is 0.508 e. The number of aryl methyl sites for hydroxylation is 2. The quantitative estimate of drug-likeness (QED) is 0.376. The van der Waals surface area contributed by atoms with E-state index < -0.39 is 0 Å². The summed E-state index contributed by atoms with van der Waals surface area (Å²) in [6.07, 6.45) is 0. The number of rotatable bonds is 4. The van der Waals surface area contributed by atoms with Gasteiger partial charge in [-0.15, -0.1) is 0 Å². The number of benzene rings is 2. The standard InChI is InChI=1S/C21H21N3O3/c1-13-4-5-14(2)24(13)17-8-6-16(7-9-17)21(27)23-22-15(3)19-12-18(25)10-11-20(19)26/h4-12,25-26H,1-3H3,(H,23,27)/b22-15+. The molecule has 3 aromatic rings. The van der Waals surface area contributed by atoms with Crippen LogP contribution in [0, 0.1) is 13.8 Å². The summed E-state index contributed by atoms with van der Waals surface area (Å²) >= 11 is 0. The molecule has 1 heterocycles. The second-order valence-electron chi connectivity index (χ2n) is 6.34. The first-order valence-corrected chi connectivity index (χ1v) is 8.49. The van der Waals surface area contributed by atoms with Crippen LogP contribution in [0.4, 0.5) is 0 Å². The molecule has 1 amide bonds. The predicted octanol–water partition coefficient (Wildman–Crippen LogP) is 3.66. The maximum absolute atomic E-state index is 12.3. The lowest BCUT2D eigenvalue weighted by Crippen LogP contribution is -2.19. The maximum Gasteiger partial charge on any atom is 0.271 e. The molecule has 6 nitrogen and oxygen atoms in total. The van der Waals surface area contributed by atoms with Crippen molar-refractivity contribution in [3.05, 3.63) is 77.1 Å². The summed E-state index contributed by atoms with van der Waals surface area (Å²) in [5.74, 6) is -0.374. The van der Waals surface area contributed by atoms with Gasteiger partial charge in [-0.05, 0) is 75.4 Å². The average Bonchev–Trinajstić information content (AvgIpc) is 3.00. The molecule has 0 aliphatic carbocycles. The normalized spacial score (nSPS) is 11.4. The number of hydrogen-bond acceptors (Lipinski definition) is 4. The van der Waals surface area contributed by atoms with Crippen LogP contribution < -0.4 is 5.43 Å². The van der Waals surface area contributed by atoms with Crippen LogP contribution in [0.5, 0.6) is 11.5 Å². The molecule has 6 heteroatoms. The Morgan fingerprint density at radius 3 is 2.22 bits per heavy atom. The van der Waals surface area contributed by atoms with Crippen LogP contribution in [0.3, 0.4) is 0 Å². The molecule has 0 bridgehead atoms. The van der Waals surface area contributed by atoms with Gasteiger partial charge in [0.05, 0.1) is 5.71 Å². The van der Waals surface area contributed by atoms with E-state index in [0.29, 0.717) is 16.8 Å². The van der Waals surface area contributed by atoms with Crippen LogP contribution in [0.2, 0.25) is 0 Å². The lowest BCUT2D eigenvalue weighted by atomic mass is 10.1. The van der Waals surface area contributed by atoms with E-state index >= 15 is 0 Å². The maximum atomic E-state index is 12.3. The van der Waals surface area contributed by atoms with Crippen molar-refractivity contribution in [2.75, 3.05) is 0 Å². The van der Waals surface area contributed by atoms with Gasteiger partial charge in [0.2, 0.25) is 0 Å². The Kier molecular flexibility index (Phi) is 4.98. The van der Waals surface area contributed by atoms with Crippen molar-refractivity contribution >= 4 is 11.6 Å². The number of phenols is 2. The van der Waals surface area contributed by atoms with Crippen LogP contribution in [0.1, 0.15) is 34.2 Å². The highest BCUT2D eigenvalue weighted by Gasteiger charge is 2.09. The van der Waals surface area contributed by atoms with Crippen molar-refractivity contribution in [3.8, 4) is 17.2 Å². The number of phenolic OH excluding ortho intramolecular Hbond substituents is 2. The highest BCUT2D eigenvalue weighted by Crippen LogP contribution is 2.22. The molecular weight excluding hydrogens is 342 g/mol. The number of nitrogens with one attached hydrogen (secondary N) is 1. The lowest BCUT2D eigenvalue weighted by molar-refractivity contribution is 0.0955. The van der Waals surface area contributed by atoms with E-state index in [1.807, 2.05) is 38.1 Å². The molecule has 3 rings (SSSR count). The zero-order chi connectivity index (χ0) is 19.6. The predicted molar refractivity (Wildman–Crippen MR) is 105 cm³/mol. The topological polar surface area (TPSA) is 86.9 Å². The monoisotopic (exact) mass is 363 g/mol. The zero-order valence-corrected chi connectivity index (χ0v) is 15.4. The summed E-state index contributed by atoms with van der Waals surface area (Å²) in [5.41, 5.74) is 6.90. The fraction of sp³-hybridized carbons (Fsp3) is 0.143. The minimum absolute atomic E-state index is 0.00913. The number of carbonyl (C=O) groups is 1. The summed E-state index contributed by atoms with van der Waals surface area (Å²) in [4.78, 5) is 12.3. The molecule has 27 heavy (non-hydrogen) atoms. The second-order valence-corrected chi connectivity index (χ2v) is 6.34. The van der Waals surface area contributed by atoms with Gasteiger partial charge in [-0.1, -0.05) is 0 Å². The number of nitrogens with zero attached hydrogens (tertiary/aromatic N) is 2. The van der Waals surface area contributed by atoms with Gasteiger partial charge in [0, 0.05) is 28.2 Å². The van der Waals surface area contributed by atoms with E-state index in [9.17, 15) is 15.0 Å². The van der Waals surface area contributed by atoms with Crippen molar-refractivity contribution in [3.63, 3.8) is 0 Å². The molecule has 138 valence electrons. The molecule has 0 aliphatic rings. The fourth-order valence-corrected chi connectivity index (χ4v) is 2.91. The molecule has 0 aliphatic heterocycles. The first kappa shape index (κ1) is 18.3. The molecule has 0 unspecified atom stereocenters. The first-order chi connectivity index (χ1) is 12.9. The molecule has 0 saturated carbocycles. The van der Waals surface area contributed by atoms with Crippen molar-refractivity contribution in [2.45, 2.75) is 20.8 Å². The number of hydrazone groups is 1. The molecule has 1 aromatic heterocycles. The Morgan fingerprint density at radius 2 is 1.59 bits per heavy atom. The minimum Gasteiger partial charge on any atom is -0.508 e. The van der Waals surface area contributed by atoms with Crippen LogP contribution in [-0.2, 0) is 0 Å².